The van der Waals surface area contributed by atoms with Crippen LogP contribution in [0.5, 0.6) is 0 Å². The second-order valence-electron chi connectivity index (χ2n) is 3.91. The molecule has 7 heteroatoms. The number of sulfonamides is 1. The molecule has 2 rings (SSSR count). The molecule has 0 spiro atoms. The van der Waals surface area contributed by atoms with Gasteiger partial charge in [0, 0.05) is 6.54 Å². The molecular weight excluding hydrogens is 261 g/mol. The molecule has 1 atom stereocenters. The topological polar surface area (TPSA) is 64.6 Å². The molecule has 1 aliphatic rings. The van der Waals surface area contributed by atoms with Crippen LogP contribution in [-0.4, -0.2) is 34.5 Å². The highest BCUT2D eigenvalue weighted by Crippen LogP contribution is 2.11. The Bertz CT molecular complexity index is 482. The Morgan fingerprint density at radius 3 is 2.67 bits per heavy atom. The molecular formula is C11H14FNO4S. The van der Waals surface area contributed by atoms with Crippen molar-refractivity contribution in [3.05, 3.63) is 30.1 Å². The summed E-state index contributed by atoms with van der Waals surface area (Å²) < 4.78 is 49.1. The van der Waals surface area contributed by atoms with Crippen LogP contribution in [0.15, 0.2) is 29.2 Å². The van der Waals surface area contributed by atoms with Crippen LogP contribution in [0.1, 0.15) is 6.42 Å². The monoisotopic (exact) mass is 275 g/mol. The van der Waals surface area contributed by atoms with Crippen LogP contribution in [0, 0.1) is 5.82 Å². The third kappa shape index (κ3) is 3.49. The first kappa shape index (κ1) is 13.4. The fraction of sp³-hybridized carbons (Fsp3) is 0.455. The number of benzene rings is 1. The zero-order chi connectivity index (χ0) is 13.0. The number of ether oxygens (including phenoxy) is 2. The summed E-state index contributed by atoms with van der Waals surface area (Å²) in [5.74, 6) is -0.471. The van der Waals surface area contributed by atoms with Gasteiger partial charge in [-0.1, -0.05) is 0 Å². The van der Waals surface area contributed by atoms with Crippen molar-refractivity contribution in [3.63, 3.8) is 0 Å². The van der Waals surface area contributed by atoms with Crippen molar-refractivity contribution in [3.8, 4) is 0 Å². The molecule has 1 aliphatic heterocycles. The highest BCUT2D eigenvalue weighted by atomic mass is 32.2. The summed E-state index contributed by atoms with van der Waals surface area (Å²) in [6, 6.07) is 4.67. The number of nitrogens with one attached hydrogen (secondary N) is 1. The summed E-state index contributed by atoms with van der Waals surface area (Å²) in [6.45, 7) is 0.926. The van der Waals surface area contributed by atoms with E-state index in [0.29, 0.717) is 13.0 Å². The molecule has 0 aliphatic carbocycles. The lowest BCUT2D eigenvalue weighted by atomic mass is 10.2. The van der Waals surface area contributed by atoms with Gasteiger partial charge >= 0.3 is 0 Å². The summed E-state index contributed by atoms with van der Waals surface area (Å²) in [4.78, 5) is 0.0379. The van der Waals surface area contributed by atoms with Crippen molar-refractivity contribution < 1.29 is 22.3 Å². The molecule has 5 nitrogen and oxygen atoms in total. The summed E-state index contributed by atoms with van der Waals surface area (Å²) in [5.41, 5.74) is 0. The van der Waals surface area contributed by atoms with Crippen LogP contribution in [0.3, 0.4) is 0 Å². The predicted molar refractivity (Wildman–Crippen MR) is 61.9 cm³/mol. The smallest absolute Gasteiger partial charge is 0.240 e. The highest BCUT2D eigenvalue weighted by Gasteiger charge is 2.19. The zero-order valence-electron chi connectivity index (χ0n) is 9.63. The van der Waals surface area contributed by atoms with E-state index >= 15 is 0 Å². The molecule has 1 aromatic carbocycles. The molecule has 100 valence electrons. The first-order chi connectivity index (χ1) is 8.58. The Hall–Kier alpha value is -1.02. The Morgan fingerprint density at radius 1 is 1.33 bits per heavy atom. The number of rotatable bonds is 4. The van der Waals surface area contributed by atoms with E-state index in [1.807, 2.05) is 0 Å². The maximum absolute atomic E-state index is 12.7. The lowest BCUT2D eigenvalue weighted by Crippen LogP contribution is -2.37. The Kier molecular flexibility index (Phi) is 4.28. The molecule has 1 unspecified atom stereocenters. The first-order valence-electron chi connectivity index (χ1n) is 5.52. The van der Waals surface area contributed by atoms with Crippen LogP contribution in [0.2, 0.25) is 0 Å². The van der Waals surface area contributed by atoms with E-state index in [1.54, 1.807) is 0 Å². The summed E-state index contributed by atoms with van der Waals surface area (Å²) in [5, 5.41) is 0. The first-order valence-corrected chi connectivity index (χ1v) is 7.01. The van der Waals surface area contributed by atoms with Gasteiger partial charge in [-0.25, -0.2) is 17.5 Å². The average Bonchev–Trinajstić information content (AvgIpc) is 2.38. The fourth-order valence-corrected chi connectivity index (χ4v) is 2.63. The van der Waals surface area contributed by atoms with Crippen LogP contribution < -0.4 is 4.72 Å². The maximum Gasteiger partial charge on any atom is 0.240 e. The van der Waals surface area contributed by atoms with E-state index in [1.165, 1.54) is 12.1 Å². The van der Waals surface area contributed by atoms with Crippen molar-refractivity contribution in [2.75, 3.05) is 19.9 Å². The lowest BCUT2D eigenvalue weighted by Gasteiger charge is -2.22. The van der Waals surface area contributed by atoms with E-state index in [0.717, 1.165) is 12.1 Å². The molecule has 0 aromatic heterocycles. The number of hydrogen-bond donors (Lipinski definition) is 1. The molecule has 0 amide bonds. The quantitative estimate of drug-likeness (QED) is 0.885. The second-order valence-corrected chi connectivity index (χ2v) is 5.68. The van der Waals surface area contributed by atoms with Gasteiger partial charge in [0.15, 0.2) is 0 Å². The highest BCUT2D eigenvalue weighted by molar-refractivity contribution is 7.89. The van der Waals surface area contributed by atoms with Crippen LogP contribution in [-0.2, 0) is 19.5 Å². The molecule has 1 N–H and O–H groups in total. The van der Waals surface area contributed by atoms with Gasteiger partial charge in [0.2, 0.25) is 10.0 Å². The molecule has 18 heavy (non-hydrogen) atoms. The molecule has 0 bridgehead atoms. The van der Waals surface area contributed by atoms with E-state index < -0.39 is 15.8 Å². The Balaban J connectivity index is 1.96. The van der Waals surface area contributed by atoms with E-state index in [-0.39, 0.29) is 24.3 Å². The van der Waals surface area contributed by atoms with Gasteiger partial charge in [0.1, 0.15) is 12.6 Å². The molecule has 0 radical (unpaired) electrons. The van der Waals surface area contributed by atoms with Crippen molar-refractivity contribution >= 4 is 10.0 Å². The normalized spacial score (nSPS) is 20.8. The van der Waals surface area contributed by atoms with Crippen molar-refractivity contribution in [2.24, 2.45) is 0 Å². The predicted octanol–water partition coefficient (Wildman–Crippen LogP) is 0.867. The van der Waals surface area contributed by atoms with E-state index in [4.69, 9.17) is 9.47 Å². The molecule has 1 saturated heterocycles. The zero-order valence-corrected chi connectivity index (χ0v) is 10.5. The second kappa shape index (κ2) is 5.75. The van der Waals surface area contributed by atoms with Gasteiger partial charge in [-0.2, -0.15) is 0 Å². The SMILES string of the molecule is O=S(=O)(NCC1CCOCO1)c1ccc(F)cc1. The summed E-state index contributed by atoms with van der Waals surface area (Å²) in [6.07, 6.45) is 0.459. The molecule has 0 saturated carbocycles. The average molecular weight is 275 g/mol. The summed E-state index contributed by atoms with van der Waals surface area (Å²) in [7, 11) is -3.61. The number of halogens is 1. The van der Waals surface area contributed by atoms with Gasteiger partial charge in [-0.3, -0.25) is 0 Å². The minimum atomic E-state index is -3.61. The van der Waals surface area contributed by atoms with Crippen molar-refractivity contribution in [2.45, 2.75) is 17.4 Å². The fourth-order valence-electron chi connectivity index (χ4n) is 1.56. The van der Waals surface area contributed by atoms with Crippen molar-refractivity contribution in [1.29, 1.82) is 0 Å². The molecule has 1 fully saturated rings. The van der Waals surface area contributed by atoms with Crippen molar-refractivity contribution in [1.82, 2.24) is 4.72 Å². The standard InChI is InChI=1S/C11H14FNO4S/c12-9-1-3-11(4-2-9)18(14,15)13-7-10-5-6-16-8-17-10/h1-4,10,13H,5-8H2. The van der Waals surface area contributed by atoms with Gasteiger partial charge in [0.25, 0.3) is 0 Å². The third-order valence-corrected chi connectivity index (χ3v) is 4.04. The number of hydrogen-bond acceptors (Lipinski definition) is 4. The summed E-state index contributed by atoms with van der Waals surface area (Å²) >= 11 is 0. The maximum atomic E-state index is 12.7. The molecule has 1 heterocycles. The van der Waals surface area contributed by atoms with Gasteiger partial charge in [-0.05, 0) is 30.7 Å². The van der Waals surface area contributed by atoms with Gasteiger partial charge in [0.05, 0.1) is 17.6 Å². The lowest BCUT2D eigenvalue weighted by molar-refractivity contribution is -0.136. The molecule has 1 aromatic rings. The van der Waals surface area contributed by atoms with Gasteiger partial charge in [-0.15, -0.1) is 0 Å². The Labute approximate surface area is 105 Å². The van der Waals surface area contributed by atoms with Gasteiger partial charge < -0.3 is 9.47 Å². The van der Waals surface area contributed by atoms with E-state index in [9.17, 15) is 12.8 Å². The largest absolute Gasteiger partial charge is 0.355 e. The van der Waals surface area contributed by atoms with Crippen LogP contribution in [0.25, 0.3) is 0 Å². The Morgan fingerprint density at radius 2 is 2.06 bits per heavy atom. The van der Waals surface area contributed by atoms with E-state index in [2.05, 4.69) is 4.72 Å². The van der Waals surface area contributed by atoms with Crippen LogP contribution >= 0.6 is 0 Å². The van der Waals surface area contributed by atoms with Crippen LogP contribution in [0.4, 0.5) is 4.39 Å². The minimum absolute atomic E-state index is 0.0379. The minimum Gasteiger partial charge on any atom is -0.355 e. The third-order valence-electron chi connectivity index (χ3n) is 2.60.